The van der Waals surface area contributed by atoms with Crippen LogP contribution in [0.1, 0.15) is 44.1 Å². The van der Waals surface area contributed by atoms with Crippen LogP contribution in [0.25, 0.3) is 0 Å². The van der Waals surface area contributed by atoms with Crippen molar-refractivity contribution in [2.75, 3.05) is 11.1 Å². The molecule has 132 valence electrons. The molecule has 0 aliphatic heterocycles. The number of nitrogens with two attached hydrogens (primary N) is 1. The summed E-state index contributed by atoms with van der Waals surface area (Å²) in [7, 11) is 0. The molecule has 4 heteroatoms. The van der Waals surface area contributed by atoms with Gasteiger partial charge in [-0.15, -0.1) is 0 Å². The molecule has 0 bridgehead atoms. The second kappa shape index (κ2) is 10.3. The van der Waals surface area contributed by atoms with Gasteiger partial charge in [-0.25, -0.2) is 0 Å². The van der Waals surface area contributed by atoms with Crippen molar-refractivity contribution in [2.45, 2.75) is 44.9 Å². The molecule has 0 saturated carbocycles. The number of Topliss-reactive ketones (excluding diaryl/α,β-unsaturated/α-hetero) is 1. The Bertz CT molecular complexity index is 683. The highest BCUT2D eigenvalue weighted by atomic mass is 16.1. The number of rotatable bonds is 10. The number of unbranched alkanes of at least 4 members (excludes halogenated alkanes) is 3. The van der Waals surface area contributed by atoms with Gasteiger partial charge in [0, 0.05) is 19.3 Å². The molecule has 0 atom stereocenters. The van der Waals surface area contributed by atoms with E-state index in [2.05, 4.69) is 5.32 Å². The van der Waals surface area contributed by atoms with E-state index in [4.69, 9.17) is 5.73 Å². The average molecular weight is 338 g/mol. The van der Waals surface area contributed by atoms with E-state index in [0.717, 1.165) is 31.2 Å². The minimum absolute atomic E-state index is 0.0157. The van der Waals surface area contributed by atoms with E-state index in [1.54, 1.807) is 12.1 Å². The highest BCUT2D eigenvalue weighted by molar-refractivity contribution is 5.93. The predicted molar refractivity (Wildman–Crippen MR) is 102 cm³/mol. The third-order valence-electron chi connectivity index (χ3n) is 4.09. The van der Waals surface area contributed by atoms with Crippen molar-refractivity contribution >= 4 is 23.1 Å². The van der Waals surface area contributed by atoms with Crippen LogP contribution in [0, 0.1) is 0 Å². The third-order valence-corrected chi connectivity index (χ3v) is 4.09. The van der Waals surface area contributed by atoms with E-state index in [9.17, 15) is 9.59 Å². The van der Waals surface area contributed by atoms with E-state index < -0.39 is 0 Å². The molecule has 0 unspecified atom stereocenters. The lowest BCUT2D eigenvalue weighted by atomic mass is 10.0. The number of amides is 1. The fourth-order valence-corrected chi connectivity index (χ4v) is 2.70. The lowest BCUT2D eigenvalue weighted by Crippen LogP contribution is -2.12. The summed E-state index contributed by atoms with van der Waals surface area (Å²) in [4.78, 5) is 23.8. The maximum Gasteiger partial charge on any atom is 0.224 e. The van der Waals surface area contributed by atoms with E-state index in [0.29, 0.717) is 30.6 Å². The number of hydrogen-bond acceptors (Lipinski definition) is 3. The van der Waals surface area contributed by atoms with Gasteiger partial charge in [-0.05, 0) is 30.5 Å². The number of ketones is 1. The van der Waals surface area contributed by atoms with E-state index in [1.165, 1.54) is 0 Å². The van der Waals surface area contributed by atoms with Gasteiger partial charge in [0.05, 0.1) is 11.4 Å². The van der Waals surface area contributed by atoms with Crippen LogP contribution in [0.3, 0.4) is 0 Å². The summed E-state index contributed by atoms with van der Waals surface area (Å²) >= 11 is 0. The van der Waals surface area contributed by atoms with E-state index >= 15 is 0 Å². The molecule has 4 nitrogen and oxygen atoms in total. The molecule has 2 aromatic carbocycles. The molecule has 0 heterocycles. The van der Waals surface area contributed by atoms with Gasteiger partial charge in [-0.3, -0.25) is 9.59 Å². The Morgan fingerprint density at radius 2 is 1.44 bits per heavy atom. The number of para-hydroxylation sites is 2. The van der Waals surface area contributed by atoms with Crippen LogP contribution in [0.15, 0.2) is 54.6 Å². The van der Waals surface area contributed by atoms with Crippen LogP contribution in [-0.2, 0) is 16.0 Å². The first kappa shape index (κ1) is 18.7. The molecule has 25 heavy (non-hydrogen) atoms. The summed E-state index contributed by atoms with van der Waals surface area (Å²) in [5, 5.41) is 2.83. The van der Waals surface area contributed by atoms with E-state index in [-0.39, 0.29) is 11.7 Å². The van der Waals surface area contributed by atoms with Gasteiger partial charge in [0.15, 0.2) is 0 Å². The lowest BCUT2D eigenvalue weighted by molar-refractivity contribution is -0.118. The SMILES string of the molecule is Nc1ccccc1NC(=O)CCCCCCC(=O)Cc1ccccc1. The molecule has 0 saturated heterocycles. The molecular weight excluding hydrogens is 312 g/mol. The standard InChI is InChI=1S/C21H26N2O2/c22-19-13-8-9-14-20(19)23-21(25)15-7-2-1-6-12-18(24)16-17-10-4-3-5-11-17/h3-5,8-11,13-14H,1-2,6-7,12,15-16,22H2,(H,23,25). The lowest BCUT2D eigenvalue weighted by Gasteiger charge is -2.07. The van der Waals surface area contributed by atoms with Crippen molar-refractivity contribution in [2.24, 2.45) is 0 Å². The third kappa shape index (κ3) is 7.21. The van der Waals surface area contributed by atoms with Crippen molar-refractivity contribution in [3.63, 3.8) is 0 Å². The van der Waals surface area contributed by atoms with E-state index in [1.807, 2.05) is 42.5 Å². The van der Waals surface area contributed by atoms with Gasteiger partial charge >= 0.3 is 0 Å². The molecule has 0 aromatic heterocycles. The number of nitrogens with one attached hydrogen (secondary N) is 1. The topological polar surface area (TPSA) is 72.2 Å². The van der Waals surface area contributed by atoms with Crippen LogP contribution in [0.5, 0.6) is 0 Å². The average Bonchev–Trinajstić information content (AvgIpc) is 2.61. The zero-order valence-electron chi connectivity index (χ0n) is 14.5. The molecule has 1 amide bonds. The van der Waals surface area contributed by atoms with Crippen molar-refractivity contribution in [1.29, 1.82) is 0 Å². The number of hydrogen-bond donors (Lipinski definition) is 2. The Kier molecular flexibility index (Phi) is 7.70. The minimum atomic E-state index is -0.0157. The van der Waals surface area contributed by atoms with Crippen molar-refractivity contribution in [1.82, 2.24) is 0 Å². The molecule has 0 aliphatic carbocycles. The molecular formula is C21H26N2O2. The van der Waals surface area contributed by atoms with Crippen LogP contribution < -0.4 is 11.1 Å². The molecule has 3 N–H and O–H groups in total. The first-order valence-electron chi connectivity index (χ1n) is 8.85. The van der Waals surface area contributed by atoms with Gasteiger partial charge in [-0.1, -0.05) is 55.3 Å². The first-order valence-corrected chi connectivity index (χ1v) is 8.85. The highest BCUT2D eigenvalue weighted by Crippen LogP contribution is 2.17. The predicted octanol–water partition coefficient (Wildman–Crippen LogP) is 4.36. The molecule has 0 fully saturated rings. The fraction of sp³-hybridized carbons (Fsp3) is 0.333. The molecule has 0 radical (unpaired) electrons. The van der Waals surface area contributed by atoms with Crippen LogP contribution in [0.2, 0.25) is 0 Å². The summed E-state index contributed by atoms with van der Waals surface area (Å²) in [5.41, 5.74) is 8.12. The Hall–Kier alpha value is -2.62. The van der Waals surface area contributed by atoms with Crippen molar-refractivity contribution < 1.29 is 9.59 Å². The quantitative estimate of drug-likeness (QED) is 0.499. The minimum Gasteiger partial charge on any atom is -0.397 e. The summed E-state index contributed by atoms with van der Waals surface area (Å²) < 4.78 is 0. The fourth-order valence-electron chi connectivity index (χ4n) is 2.70. The summed E-state index contributed by atoms with van der Waals surface area (Å²) in [6.07, 6.45) is 5.25. The number of anilines is 2. The maximum atomic E-state index is 11.9. The maximum absolute atomic E-state index is 11.9. The largest absolute Gasteiger partial charge is 0.397 e. The Morgan fingerprint density at radius 3 is 2.16 bits per heavy atom. The Labute approximate surface area is 149 Å². The van der Waals surface area contributed by atoms with Gasteiger partial charge < -0.3 is 11.1 Å². The van der Waals surface area contributed by atoms with Crippen LogP contribution in [-0.4, -0.2) is 11.7 Å². The zero-order valence-corrected chi connectivity index (χ0v) is 14.5. The monoisotopic (exact) mass is 338 g/mol. The normalized spacial score (nSPS) is 10.4. The second-order valence-corrected chi connectivity index (χ2v) is 6.25. The van der Waals surface area contributed by atoms with Crippen molar-refractivity contribution in [3.8, 4) is 0 Å². The summed E-state index contributed by atoms with van der Waals surface area (Å²) in [6.45, 7) is 0. The number of benzene rings is 2. The van der Waals surface area contributed by atoms with Crippen LogP contribution in [0.4, 0.5) is 11.4 Å². The van der Waals surface area contributed by atoms with Gasteiger partial charge in [0.25, 0.3) is 0 Å². The molecule has 2 aromatic rings. The summed E-state index contributed by atoms with van der Waals surface area (Å²) in [6, 6.07) is 17.1. The number of nitrogen functional groups attached to an aromatic ring is 1. The highest BCUT2D eigenvalue weighted by Gasteiger charge is 2.06. The number of carbonyl (C=O) groups is 2. The van der Waals surface area contributed by atoms with Gasteiger partial charge in [0.1, 0.15) is 5.78 Å². The molecule has 0 aliphatic rings. The summed E-state index contributed by atoms with van der Waals surface area (Å²) in [5.74, 6) is 0.265. The zero-order chi connectivity index (χ0) is 17.9. The molecule has 0 spiro atoms. The molecule has 2 rings (SSSR count). The second-order valence-electron chi connectivity index (χ2n) is 6.25. The van der Waals surface area contributed by atoms with Gasteiger partial charge in [0.2, 0.25) is 5.91 Å². The Morgan fingerprint density at radius 1 is 0.800 bits per heavy atom. The van der Waals surface area contributed by atoms with Gasteiger partial charge in [-0.2, -0.15) is 0 Å². The number of carbonyl (C=O) groups excluding carboxylic acids is 2. The first-order chi connectivity index (χ1) is 12.1. The van der Waals surface area contributed by atoms with Crippen molar-refractivity contribution in [3.05, 3.63) is 60.2 Å². The Balaban J connectivity index is 1.54. The smallest absolute Gasteiger partial charge is 0.224 e. The van der Waals surface area contributed by atoms with Crippen LogP contribution >= 0.6 is 0 Å².